The summed E-state index contributed by atoms with van der Waals surface area (Å²) < 4.78 is 5.85. The van der Waals surface area contributed by atoms with Gasteiger partial charge in [0.25, 0.3) is 0 Å². The minimum Gasteiger partial charge on any atom is -0.493 e. The molecule has 0 aromatic heterocycles. The quantitative estimate of drug-likeness (QED) is 0.386. The van der Waals surface area contributed by atoms with E-state index in [-0.39, 0.29) is 5.91 Å². The number of carbonyl (C=O) groups excluding carboxylic acids is 1. The normalized spacial score (nSPS) is 11.4. The van der Waals surface area contributed by atoms with Gasteiger partial charge in [-0.1, -0.05) is 77.4 Å². The third kappa shape index (κ3) is 5.98. The van der Waals surface area contributed by atoms with Crippen molar-refractivity contribution < 1.29 is 9.53 Å². The molecule has 2 aromatic rings. The molecule has 0 heterocycles. The van der Waals surface area contributed by atoms with E-state index in [0.717, 1.165) is 41.0 Å². The van der Waals surface area contributed by atoms with Crippen molar-refractivity contribution in [2.45, 2.75) is 59.3 Å². The zero-order valence-corrected chi connectivity index (χ0v) is 17.8. The van der Waals surface area contributed by atoms with Crippen molar-refractivity contribution in [1.82, 2.24) is 0 Å². The molecule has 0 saturated heterocycles. The van der Waals surface area contributed by atoms with Crippen molar-refractivity contribution in [3.63, 3.8) is 0 Å². The first kappa shape index (κ1) is 21.7. The van der Waals surface area contributed by atoms with Crippen molar-refractivity contribution >= 4 is 17.7 Å². The van der Waals surface area contributed by atoms with Gasteiger partial charge in [-0.15, -0.1) is 0 Å². The summed E-state index contributed by atoms with van der Waals surface area (Å²) in [6, 6.07) is 14.1. The maximum absolute atomic E-state index is 12.7. The maximum Gasteiger partial charge on any atom is 0.248 e. The lowest BCUT2D eigenvalue weighted by atomic mass is 9.92. The van der Waals surface area contributed by atoms with E-state index in [1.807, 2.05) is 30.3 Å². The zero-order chi connectivity index (χ0) is 20.5. The SMILES string of the molecule is CCCCOc1ccccc1C=CC(=O)Nc1c(C(C)C)cccc1C(C)C. The first-order valence-corrected chi connectivity index (χ1v) is 10.3. The number of hydrogen-bond donors (Lipinski definition) is 1. The molecular weight excluding hydrogens is 346 g/mol. The van der Waals surface area contributed by atoms with Gasteiger partial charge in [-0.2, -0.15) is 0 Å². The van der Waals surface area contributed by atoms with E-state index < -0.39 is 0 Å². The summed E-state index contributed by atoms with van der Waals surface area (Å²) in [5.74, 6) is 1.36. The monoisotopic (exact) mass is 379 g/mol. The molecule has 0 spiro atoms. The minimum atomic E-state index is -0.127. The van der Waals surface area contributed by atoms with Gasteiger partial charge in [0.1, 0.15) is 5.75 Å². The van der Waals surface area contributed by atoms with Crippen molar-refractivity contribution in [3.8, 4) is 5.75 Å². The molecule has 0 aliphatic carbocycles. The highest BCUT2D eigenvalue weighted by molar-refractivity contribution is 6.03. The fourth-order valence-electron chi connectivity index (χ4n) is 3.10. The van der Waals surface area contributed by atoms with E-state index in [2.05, 4.69) is 58.1 Å². The predicted octanol–water partition coefficient (Wildman–Crippen LogP) is 6.76. The molecule has 0 radical (unpaired) electrons. The van der Waals surface area contributed by atoms with Crippen molar-refractivity contribution in [3.05, 3.63) is 65.2 Å². The summed E-state index contributed by atoms with van der Waals surface area (Å²) in [7, 11) is 0. The first-order chi connectivity index (χ1) is 13.4. The van der Waals surface area contributed by atoms with Gasteiger partial charge in [0.2, 0.25) is 5.91 Å². The second kappa shape index (κ2) is 10.7. The third-order valence-electron chi connectivity index (χ3n) is 4.71. The van der Waals surface area contributed by atoms with Crippen LogP contribution < -0.4 is 10.1 Å². The topological polar surface area (TPSA) is 38.3 Å². The van der Waals surface area contributed by atoms with Crippen molar-refractivity contribution in [2.24, 2.45) is 0 Å². The molecule has 1 N–H and O–H groups in total. The Morgan fingerprint density at radius 1 is 1.00 bits per heavy atom. The molecule has 3 heteroatoms. The Balaban J connectivity index is 2.19. The molecule has 3 nitrogen and oxygen atoms in total. The number of hydrogen-bond acceptors (Lipinski definition) is 2. The molecule has 150 valence electrons. The number of rotatable bonds is 9. The van der Waals surface area contributed by atoms with E-state index in [1.165, 1.54) is 0 Å². The maximum atomic E-state index is 12.7. The van der Waals surface area contributed by atoms with Crippen molar-refractivity contribution in [1.29, 1.82) is 0 Å². The minimum absolute atomic E-state index is 0.127. The highest BCUT2D eigenvalue weighted by Crippen LogP contribution is 2.32. The zero-order valence-electron chi connectivity index (χ0n) is 17.8. The van der Waals surface area contributed by atoms with E-state index in [1.54, 1.807) is 6.08 Å². The Kier molecular flexibility index (Phi) is 8.31. The van der Waals surface area contributed by atoms with E-state index in [0.29, 0.717) is 18.4 Å². The number of para-hydroxylation sites is 2. The third-order valence-corrected chi connectivity index (χ3v) is 4.71. The molecule has 2 aromatic carbocycles. The van der Waals surface area contributed by atoms with Crippen LogP contribution in [0.15, 0.2) is 48.5 Å². The highest BCUT2D eigenvalue weighted by atomic mass is 16.5. The average molecular weight is 380 g/mol. The van der Waals surface area contributed by atoms with Crippen molar-refractivity contribution in [2.75, 3.05) is 11.9 Å². The lowest BCUT2D eigenvalue weighted by Gasteiger charge is -2.19. The Labute approximate surface area is 169 Å². The Hall–Kier alpha value is -2.55. The fourth-order valence-corrected chi connectivity index (χ4v) is 3.10. The van der Waals surface area contributed by atoms with Crippen LogP contribution in [-0.2, 0) is 4.79 Å². The summed E-state index contributed by atoms with van der Waals surface area (Å²) in [5, 5.41) is 3.12. The summed E-state index contributed by atoms with van der Waals surface area (Å²) in [5.41, 5.74) is 4.18. The molecule has 0 bridgehead atoms. The summed E-state index contributed by atoms with van der Waals surface area (Å²) in [6.07, 6.45) is 5.52. The van der Waals surface area contributed by atoms with Crippen LogP contribution >= 0.6 is 0 Å². The number of ether oxygens (including phenoxy) is 1. The van der Waals surface area contributed by atoms with Gasteiger partial charge < -0.3 is 10.1 Å². The summed E-state index contributed by atoms with van der Waals surface area (Å²) in [6.45, 7) is 11.4. The standard InChI is InChI=1S/C25H33NO2/c1-6-7-17-28-23-14-9-8-11-20(23)15-16-24(27)26-25-21(18(2)3)12-10-13-22(25)19(4)5/h8-16,18-19H,6-7,17H2,1-5H3,(H,26,27). The number of unbranched alkanes of at least 4 members (excludes halogenated alkanes) is 1. The lowest BCUT2D eigenvalue weighted by molar-refractivity contribution is -0.111. The van der Waals surface area contributed by atoms with Crippen LogP contribution in [0.2, 0.25) is 0 Å². The van der Waals surface area contributed by atoms with E-state index in [9.17, 15) is 4.79 Å². The highest BCUT2D eigenvalue weighted by Gasteiger charge is 2.15. The average Bonchev–Trinajstić information content (AvgIpc) is 2.67. The van der Waals surface area contributed by atoms with Gasteiger partial charge in [0, 0.05) is 17.3 Å². The van der Waals surface area contributed by atoms with Gasteiger partial charge in [0.15, 0.2) is 0 Å². The van der Waals surface area contributed by atoms with Crippen LogP contribution in [0.5, 0.6) is 5.75 Å². The van der Waals surface area contributed by atoms with Gasteiger partial charge in [-0.25, -0.2) is 0 Å². The van der Waals surface area contributed by atoms with Crippen LogP contribution in [0.4, 0.5) is 5.69 Å². The van der Waals surface area contributed by atoms with Crippen LogP contribution in [0.3, 0.4) is 0 Å². The van der Waals surface area contributed by atoms with Crippen LogP contribution in [0.25, 0.3) is 6.08 Å². The molecule has 0 fully saturated rings. The molecule has 0 aliphatic heterocycles. The smallest absolute Gasteiger partial charge is 0.248 e. The number of carbonyl (C=O) groups is 1. The lowest BCUT2D eigenvalue weighted by Crippen LogP contribution is -2.13. The van der Waals surface area contributed by atoms with Gasteiger partial charge in [0.05, 0.1) is 6.61 Å². The Morgan fingerprint density at radius 2 is 1.64 bits per heavy atom. The second-order valence-corrected chi connectivity index (χ2v) is 7.68. The number of anilines is 1. The molecule has 0 saturated carbocycles. The molecule has 28 heavy (non-hydrogen) atoms. The second-order valence-electron chi connectivity index (χ2n) is 7.68. The molecule has 0 unspecified atom stereocenters. The Morgan fingerprint density at radius 3 is 2.25 bits per heavy atom. The first-order valence-electron chi connectivity index (χ1n) is 10.3. The van der Waals surface area contributed by atoms with E-state index >= 15 is 0 Å². The molecule has 1 amide bonds. The van der Waals surface area contributed by atoms with E-state index in [4.69, 9.17) is 4.74 Å². The number of benzene rings is 2. The Bertz CT molecular complexity index is 780. The number of nitrogens with one attached hydrogen (secondary N) is 1. The van der Waals surface area contributed by atoms with Crippen LogP contribution in [0.1, 0.15) is 76.0 Å². The largest absolute Gasteiger partial charge is 0.493 e. The molecule has 0 aliphatic rings. The van der Waals surface area contributed by atoms with Crippen LogP contribution in [0, 0.1) is 0 Å². The summed E-state index contributed by atoms with van der Waals surface area (Å²) >= 11 is 0. The van der Waals surface area contributed by atoms with Crippen LogP contribution in [-0.4, -0.2) is 12.5 Å². The van der Waals surface area contributed by atoms with Gasteiger partial charge >= 0.3 is 0 Å². The number of amides is 1. The molecule has 0 atom stereocenters. The molecule has 2 rings (SSSR count). The molecular formula is C25H33NO2. The fraction of sp³-hybridized carbons (Fsp3) is 0.400. The summed E-state index contributed by atoms with van der Waals surface area (Å²) in [4.78, 5) is 12.7. The predicted molar refractivity (Wildman–Crippen MR) is 119 cm³/mol. The van der Waals surface area contributed by atoms with Gasteiger partial charge in [-0.05, 0) is 41.5 Å². The van der Waals surface area contributed by atoms with Gasteiger partial charge in [-0.3, -0.25) is 4.79 Å².